The third-order valence-electron chi connectivity index (χ3n) is 4.59. The molecule has 0 amide bonds. The summed E-state index contributed by atoms with van der Waals surface area (Å²) < 4.78 is 27.5. The standard InChI is InChI=1S/C21H18N2O7/c1-26-14-9-12(10-15-19(14)30-11-29-15)17-16(20(24)27-2)18(21(25)28-3)23(22-17)13-7-5-4-6-8-13/h4-10H,11H2,1-3H3. The van der Waals surface area contributed by atoms with Crippen molar-refractivity contribution < 1.29 is 33.3 Å². The lowest BCUT2D eigenvalue weighted by molar-refractivity contribution is 0.0549. The van der Waals surface area contributed by atoms with E-state index in [1.807, 2.05) is 6.07 Å². The second kappa shape index (κ2) is 7.78. The van der Waals surface area contributed by atoms with Gasteiger partial charge < -0.3 is 23.7 Å². The van der Waals surface area contributed by atoms with Crippen LogP contribution < -0.4 is 14.2 Å². The van der Waals surface area contributed by atoms with Crippen LogP contribution >= 0.6 is 0 Å². The van der Waals surface area contributed by atoms with Crippen molar-refractivity contribution in [2.75, 3.05) is 28.1 Å². The average molecular weight is 410 g/mol. The van der Waals surface area contributed by atoms with E-state index in [1.165, 1.54) is 26.0 Å². The predicted octanol–water partition coefficient (Wildman–Crippen LogP) is 2.85. The largest absolute Gasteiger partial charge is 0.493 e. The van der Waals surface area contributed by atoms with Crippen LogP contribution in [0.3, 0.4) is 0 Å². The number of nitrogens with zero attached hydrogens (tertiary/aromatic N) is 2. The second-order valence-electron chi connectivity index (χ2n) is 6.22. The van der Waals surface area contributed by atoms with Crippen LogP contribution in [0.5, 0.6) is 17.2 Å². The molecule has 0 bridgehead atoms. The number of hydrogen-bond acceptors (Lipinski definition) is 8. The van der Waals surface area contributed by atoms with E-state index in [0.717, 1.165) is 0 Å². The van der Waals surface area contributed by atoms with E-state index >= 15 is 0 Å². The van der Waals surface area contributed by atoms with Gasteiger partial charge in [0.05, 0.1) is 27.0 Å². The zero-order valence-electron chi connectivity index (χ0n) is 16.5. The fourth-order valence-corrected chi connectivity index (χ4v) is 3.22. The van der Waals surface area contributed by atoms with Crippen molar-refractivity contribution in [1.29, 1.82) is 0 Å². The van der Waals surface area contributed by atoms with Crippen LogP contribution in [0.4, 0.5) is 0 Å². The molecule has 2 heterocycles. The molecule has 1 aliphatic rings. The highest BCUT2D eigenvalue weighted by atomic mass is 16.7. The minimum atomic E-state index is -0.732. The van der Waals surface area contributed by atoms with Gasteiger partial charge in [-0.15, -0.1) is 0 Å². The summed E-state index contributed by atoms with van der Waals surface area (Å²) >= 11 is 0. The molecule has 1 aliphatic heterocycles. The predicted molar refractivity (Wildman–Crippen MR) is 104 cm³/mol. The first-order valence-electron chi connectivity index (χ1n) is 8.92. The van der Waals surface area contributed by atoms with Gasteiger partial charge in [-0.25, -0.2) is 14.3 Å². The maximum Gasteiger partial charge on any atom is 0.357 e. The van der Waals surface area contributed by atoms with E-state index in [-0.39, 0.29) is 23.7 Å². The molecule has 9 nitrogen and oxygen atoms in total. The van der Waals surface area contributed by atoms with Gasteiger partial charge >= 0.3 is 11.9 Å². The zero-order chi connectivity index (χ0) is 21.3. The van der Waals surface area contributed by atoms with Gasteiger partial charge in [-0.3, -0.25) is 0 Å². The summed E-state index contributed by atoms with van der Waals surface area (Å²) in [4.78, 5) is 25.4. The number of rotatable bonds is 5. The van der Waals surface area contributed by atoms with E-state index in [0.29, 0.717) is 28.5 Å². The molecule has 9 heteroatoms. The first-order valence-corrected chi connectivity index (χ1v) is 8.92. The molecular weight excluding hydrogens is 392 g/mol. The van der Waals surface area contributed by atoms with Crippen LogP contribution in [0.25, 0.3) is 16.9 Å². The summed E-state index contributed by atoms with van der Waals surface area (Å²) in [6.07, 6.45) is 0. The molecule has 0 N–H and O–H groups in total. The molecule has 30 heavy (non-hydrogen) atoms. The van der Waals surface area contributed by atoms with E-state index in [4.69, 9.17) is 23.7 Å². The summed E-state index contributed by atoms with van der Waals surface area (Å²) in [7, 11) is 3.95. The Kier molecular flexibility index (Phi) is 5.01. The molecule has 0 radical (unpaired) electrons. The summed E-state index contributed by atoms with van der Waals surface area (Å²) in [6.45, 7) is 0.0465. The van der Waals surface area contributed by atoms with Crippen LogP contribution in [0.2, 0.25) is 0 Å². The fourth-order valence-electron chi connectivity index (χ4n) is 3.22. The van der Waals surface area contributed by atoms with E-state index in [1.54, 1.807) is 36.4 Å². The minimum Gasteiger partial charge on any atom is -0.493 e. The normalized spacial score (nSPS) is 11.8. The van der Waals surface area contributed by atoms with Crippen molar-refractivity contribution in [1.82, 2.24) is 9.78 Å². The van der Waals surface area contributed by atoms with E-state index in [9.17, 15) is 9.59 Å². The number of methoxy groups -OCH3 is 3. The maximum atomic E-state index is 12.7. The molecule has 4 rings (SSSR count). The molecule has 0 saturated carbocycles. The molecule has 0 unspecified atom stereocenters. The Morgan fingerprint density at radius 1 is 1.00 bits per heavy atom. The fraction of sp³-hybridized carbons (Fsp3) is 0.190. The van der Waals surface area contributed by atoms with Crippen molar-refractivity contribution in [3.63, 3.8) is 0 Å². The minimum absolute atomic E-state index is 0.0332. The third kappa shape index (κ3) is 3.10. The van der Waals surface area contributed by atoms with Crippen LogP contribution in [-0.2, 0) is 9.47 Å². The molecule has 2 aromatic carbocycles. The van der Waals surface area contributed by atoms with Gasteiger partial charge in [-0.1, -0.05) is 18.2 Å². The van der Waals surface area contributed by atoms with Crippen molar-refractivity contribution in [3.8, 4) is 34.2 Å². The molecule has 0 aliphatic carbocycles. The molecule has 3 aromatic rings. The number of aromatic nitrogens is 2. The molecule has 0 atom stereocenters. The summed E-state index contributed by atoms with van der Waals surface area (Å²) in [5.74, 6) is -0.162. The lowest BCUT2D eigenvalue weighted by atomic mass is 10.0. The summed E-state index contributed by atoms with van der Waals surface area (Å²) in [6, 6.07) is 12.2. The Hall–Kier alpha value is -4.01. The van der Waals surface area contributed by atoms with Crippen LogP contribution in [-0.4, -0.2) is 49.8 Å². The van der Waals surface area contributed by atoms with E-state index < -0.39 is 11.9 Å². The molecule has 0 saturated heterocycles. The lowest BCUT2D eigenvalue weighted by Crippen LogP contribution is -2.15. The Morgan fingerprint density at radius 3 is 2.40 bits per heavy atom. The number of fused-ring (bicyclic) bond motifs is 1. The smallest absolute Gasteiger partial charge is 0.357 e. The highest BCUT2D eigenvalue weighted by Gasteiger charge is 2.32. The average Bonchev–Trinajstić information content (AvgIpc) is 3.42. The number of benzene rings is 2. The number of para-hydroxylation sites is 1. The molecule has 0 fully saturated rings. The van der Waals surface area contributed by atoms with E-state index in [2.05, 4.69) is 5.10 Å². The first kappa shape index (κ1) is 19.3. The topological polar surface area (TPSA) is 98.1 Å². The number of carbonyl (C=O) groups is 2. The Labute approximate surface area is 171 Å². The Bertz CT molecular complexity index is 1120. The molecule has 0 spiro atoms. The van der Waals surface area contributed by atoms with Crippen molar-refractivity contribution in [2.24, 2.45) is 0 Å². The van der Waals surface area contributed by atoms with Gasteiger partial charge in [0.25, 0.3) is 0 Å². The maximum absolute atomic E-state index is 12.7. The highest BCUT2D eigenvalue weighted by molar-refractivity contribution is 6.07. The van der Waals surface area contributed by atoms with Crippen LogP contribution in [0.15, 0.2) is 42.5 Å². The van der Waals surface area contributed by atoms with Crippen molar-refractivity contribution in [3.05, 3.63) is 53.7 Å². The van der Waals surface area contributed by atoms with Crippen molar-refractivity contribution >= 4 is 11.9 Å². The number of esters is 2. The number of carbonyl (C=O) groups excluding carboxylic acids is 2. The zero-order valence-corrected chi connectivity index (χ0v) is 16.5. The number of hydrogen-bond donors (Lipinski definition) is 0. The van der Waals surface area contributed by atoms with Crippen LogP contribution in [0, 0.1) is 0 Å². The number of ether oxygens (including phenoxy) is 5. The highest BCUT2D eigenvalue weighted by Crippen LogP contribution is 2.45. The summed E-state index contributed by atoms with van der Waals surface area (Å²) in [5.41, 5.74) is 1.18. The Morgan fingerprint density at radius 2 is 1.73 bits per heavy atom. The molecule has 1 aromatic heterocycles. The van der Waals surface area contributed by atoms with Gasteiger partial charge in [0.1, 0.15) is 11.3 Å². The van der Waals surface area contributed by atoms with Gasteiger partial charge in [-0.05, 0) is 24.3 Å². The van der Waals surface area contributed by atoms with Gasteiger partial charge in [-0.2, -0.15) is 5.10 Å². The summed E-state index contributed by atoms with van der Waals surface area (Å²) in [5, 5.41) is 4.55. The third-order valence-corrected chi connectivity index (χ3v) is 4.59. The molecular formula is C21H18N2O7. The van der Waals surface area contributed by atoms with Gasteiger partial charge in [0, 0.05) is 5.56 Å². The SMILES string of the molecule is COC(=O)c1c(-c2cc(OC)c3c(c2)OCO3)nn(-c2ccccc2)c1C(=O)OC. The van der Waals surface area contributed by atoms with Gasteiger partial charge in [0.2, 0.25) is 12.5 Å². The first-order chi connectivity index (χ1) is 14.6. The second-order valence-corrected chi connectivity index (χ2v) is 6.22. The quantitative estimate of drug-likeness (QED) is 0.592. The van der Waals surface area contributed by atoms with Gasteiger partial charge in [0.15, 0.2) is 17.2 Å². The Balaban J connectivity index is 2.02. The monoisotopic (exact) mass is 410 g/mol. The van der Waals surface area contributed by atoms with Crippen molar-refractivity contribution in [2.45, 2.75) is 0 Å². The lowest BCUT2D eigenvalue weighted by Gasteiger charge is -2.08. The molecule has 154 valence electrons. The van der Waals surface area contributed by atoms with Crippen LogP contribution in [0.1, 0.15) is 20.8 Å².